The highest BCUT2D eigenvalue weighted by atomic mass is 14.4. The molecule has 3 atom stereocenters. The summed E-state index contributed by atoms with van der Waals surface area (Å²) >= 11 is 0. The van der Waals surface area contributed by atoms with E-state index in [0.717, 1.165) is 17.8 Å². The number of rotatable bonds is 3. The second kappa shape index (κ2) is 9.09. The van der Waals surface area contributed by atoms with E-state index in [1.807, 2.05) is 0 Å². The summed E-state index contributed by atoms with van der Waals surface area (Å²) < 4.78 is 0. The van der Waals surface area contributed by atoms with Crippen LogP contribution in [-0.4, -0.2) is 0 Å². The molecule has 0 spiro atoms. The molecule has 24 heavy (non-hydrogen) atoms. The Bertz CT molecular complexity index is 286. The molecule has 0 aromatic carbocycles. The molecular weight excluding hydrogens is 288 g/mol. The first-order valence-corrected chi connectivity index (χ1v) is 10.2. The lowest BCUT2D eigenvalue weighted by Gasteiger charge is -2.39. The van der Waals surface area contributed by atoms with E-state index < -0.39 is 0 Å². The Kier molecular flexibility index (Phi) is 9.93. The van der Waals surface area contributed by atoms with Crippen LogP contribution in [0.15, 0.2) is 0 Å². The molecule has 0 heteroatoms. The molecule has 3 unspecified atom stereocenters. The van der Waals surface area contributed by atoms with E-state index in [1.54, 1.807) is 0 Å². The minimum atomic E-state index is 0.437. The van der Waals surface area contributed by atoms with Crippen LogP contribution in [-0.2, 0) is 0 Å². The van der Waals surface area contributed by atoms with Gasteiger partial charge in [0.2, 0.25) is 0 Å². The largest absolute Gasteiger partial charge is 0.0651 e. The van der Waals surface area contributed by atoms with Crippen molar-refractivity contribution in [2.24, 2.45) is 39.4 Å². The molecule has 0 aromatic heterocycles. The zero-order chi connectivity index (χ0) is 20.1. The van der Waals surface area contributed by atoms with Crippen LogP contribution in [0.2, 0.25) is 0 Å². The predicted molar refractivity (Wildman–Crippen MR) is 115 cm³/mol. The topological polar surface area (TPSA) is 0 Å². The third kappa shape index (κ3) is 11.5. The van der Waals surface area contributed by atoms with Crippen LogP contribution in [0.5, 0.6) is 0 Å². The van der Waals surface area contributed by atoms with Crippen molar-refractivity contribution in [3.8, 4) is 0 Å². The molecular formula is C24H52. The minimum Gasteiger partial charge on any atom is -0.0651 e. The average Bonchev–Trinajstić information content (AvgIpc) is 2.30. The Morgan fingerprint density at radius 2 is 0.833 bits per heavy atom. The fourth-order valence-corrected chi connectivity index (χ4v) is 3.30. The van der Waals surface area contributed by atoms with E-state index >= 15 is 0 Å². The van der Waals surface area contributed by atoms with Crippen molar-refractivity contribution in [1.29, 1.82) is 0 Å². The van der Waals surface area contributed by atoms with Crippen molar-refractivity contribution >= 4 is 0 Å². The van der Waals surface area contributed by atoms with Gasteiger partial charge in [0.1, 0.15) is 0 Å². The normalized spacial score (nSPS) is 17.6. The summed E-state index contributed by atoms with van der Waals surface area (Å²) in [6.45, 7) is 35.1. The lowest BCUT2D eigenvalue weighted by Crippen LogP contribution is -2.32. The van der Waals surface area contributed by atoms with Crippen LogP contribution >= 0.6 is 0 Å². The number of hydrogen-bond acceptors (Lipinski definition) is 0. The van der Waals surface area contributed by atoms with E-state index in [9.17, 15) is 0 Å². The van der Waals surface area contributed by atoms with Crippen molar-refractivity contribution in [1.82, 2.24) is 0 Å². The third-order valence-electron chi connectivity index (χ3n) is 6.06. The van der Waals surface area contributed by atoms with Crippen molar-refractivity contribution < 1.29 is 0 Å². The average molecular weight is 341 g/mol. The van der Waals surface area contributed by atoms with E-state index in [0.29, 0.717) is 21.7 Å². The molecule has 0 rings (SSSR count). The smallest absolute Gasteiger partial charge is 0.0354 e. The van der Waals surface area contributed by atoms with Gasteiger partial charge < -0.3 is 0 Å². The van der Waals surface area contributed by atoms with Gasteiger partial charge in [0.05, 0.1) is 0 Å². The molecule has 0 aliphatic heterocycles. The fraction of sp³-hybridized carbons (Fsp3) is 1.00. The molecule has 0 nitrogen and oxygen atoms in total. The number of hydrogen-bond donors (Lipinski definition) is 0. The second-order valence-electron chi connectivity index (χ2n) is 12.5. The molecule has 0 fully saturated rings. The van der Waals surface area contributed by atoms with Crippen molar-refractivity contribution in [3.05, 3.63) is 0 Å². The van der Waals surface area contributed by atoms with Gasteiger partial charge in [-0.15, -0.1) is 0 Å². The molecule has 0 heterocycles. The van der Waals surface area contributed by atoms with Gasteiger partial charge in [0, 0.05) is 0 Å². The third-order valence-corrected chi connectivity index (χ3v) is 6.06. The first-order chi connectivity index (χ1) is 10.2. The Morgan fingerprint density at radius 3 is 0.917 bits per heavy atom. The quantitative estimate of drug-likeness (QED) is 0.481. The van der Waals surface area contributed by atoms with Crippen LogP contribution in [0.4, 0.5) is 0 Å². The summed E-state index contributed by atoms with van der Waals surface area (Å²) in [7, 11) is 0. The van der Waals surface area contributed by atoms with Gasteiger partial charge in [-0.05, 0) is 45.8 Å². The van der Waals surface area contributed by atoms with Crippen LogP contribution < -0.4 is 0 Å². The highest BCUT2D eigenvalue weighted by Crippen LogP contribution is 2.40. The summed E-state index contributed by atoms with van der Waals surface area (Å²) in [6.07, 6.45) is 2.65. The molecule has 0 N–H and O–H groups in total. The van der Waals surface area contributed by atoms with Crippen LogP contribution in [0, 0.1) is 39.4 Å². The maximum atomic E-state index is 2.37. The first kappa shape index (κ1) is 26.2. The van der Waals surface area contributed by atoms with Crippen LogP contribution in [0.25, 0.3) is 0 Å². The monoisotopic (exact) mass is 340 g/mol. The standard InChI is InChI=1S/2C12H26/c1-9(11(3,4)5)10(2)12(6,7)8;1-8-10(12(5,6)7)9-11(2,3)4/h9-10H,1-8H3;10H,8-9H2,1-7H3. The highest BCUT2D eigenvalue weighted by molar-refractivity contribution is 4.81. The van der Waals surface area contributed by atoms with Gasteiger partial charge in [0.15, 0.2) is 0 Å². The van der Waals surface area contributed by atoms with Crippen molar-refractivity contribution in [2.75, 3.05) is 0 Å². The van der Waals surface area contributed by atoms with Crippen LogP contribution in [0.3, 0.4) is 0 Å². The van der Waals surface area contributed by atoms with Gasteiger partial charge in [-0.3, -0.25) is 0 Å². The zero-order valence-corrected chi connectivity index (χ0v) is 20.1. The molecule has 0 saturated heterocycles. The summed E-state index contributed by atoms with van der Waals surface area (Å²) in [5.74, 6) is 2.41. The summed E-state index contributed by atoms with van der Waals surface area (Å²) in [5, 5.41) is 0. The second-order valence-corrected chi connectivity index (χ2v) is 12.5. The fourth-order valence-electron chi connectivity index (χ4n) is 3.30. The summed E-state index contributed by atoms with van der Waals surface area (Å²) in [6, 6.07) is 0. The Balaban J connectivity index is 0. The zero-order valence-electron chi connectivity index (χ0n) is 20.1. The van der Waals surface area contributed by atoms with Crippen molar-refractivity contribution in [3.63, 3.8) is 0 Å². The lowest BCUT2D eigenvalue weighted by atomic mass is 9.66. The predicted octanol–water partition coefficient (Wildman–Crippen LogP) is 8.85. The minimum absolute atomic E-state index is 0.437. The molecule has 0 aliphatic carbocycles. The Morgan fingerprint density at radius 1 is 0.542 bits per heavy atom. The van der Waals surface area contributed by atoms with E-state index in [1.165, 1.54) is 12.8 Å². The van der Waals surface area contributed by atoms with E-state index in [4.69, 9.17) is 0 Å². The van der Waals surface area contributed by atoms with E-state index in [-0.39, 0.29) is 0 Å². The van der Waals surface area contributed by atoms with Gasteiger partial charge >= 0.3 is 0 Å². The van der Waals surface area contributed by atoms with Gasteiger partial charge in [-0.2, -0.15) is 0 Å². The maximum absolute atomic E-state index is 2.37. The van der Waals surface area contributed by atoms with E-state index in [2.05, 4.69) is 104 Å². The Hall–Kier alpha value is 0. The molecule has 0 amide bonds. The summed E-state index contributed by atoms with van der Waals surface area (Å²) in [5.41, 5.74) is 1.83. The van der Waals surface area contributed by atoms with Gasteiger partial charge in [-0.1, -0.05) is 110 Å². The van der Waals surface area contributed by atoms with Crippen LogP contribution in [0.1, 0.15) is 117 Å². The lowest BCUT2D eigenvalue weighted by molar-refractivity contribution is 0.0992. The molecule has 0 aromatic rings. The highest BCUT2D eigenvalue weighted by Gasteiger charge is 2.32. The summed E-state index contributed by atoms with van der Waals surface area (Å²) in [4.78, 5) is 0. The molecule has 0 saturated carbocycles. The molecule has 148 valence electrons. The molecule has 0 bridgehead atoms. The first-order valence-electron chi connectivity index (χ1n) is 10.2. The molecule has 0 aliphatic rings. The van der Waals surface area contributed by atoms with Crippen molar-refractivity contribution in [2.45, 2.75) is 117 Å². The van der Waals surface area contributed by atoms with Gasteiger partial charge in [0.25, 0.3) is 0 Å². The molecule has 0 radical (unpaired) electrons. The maximum Gasteiger partial charge on any atom is -0.0354 e. The Labute approximate surface area is 156 Å². The van der Waals surface area contributed by atoms with Gasteiger partial charge in [-0.25, -0.2) is 0 Å². The SMILES string of the molecule is CC(C(C)C(C)(C)C)C(C)(C)C.CCC(CC(C)(C)C)C(C)(C)C.